The molecule has 4 unspecified atom stereocenters. The van der Waals surface area contributed by atoms with E-state index in [4.69, 9.17) is 9.47 Å². The third kappa shape index (κ3) is 4.25. The summed E-state index contributed by atoms with van der Waals surface area (Å²) in [7, 11) is 1.63. The van der Waals surface area contributed by atoms with Gasteiger partial charge in [0.25, 0.3) is 0 Å². The molecule has 6 atom stereocenters. The molecule has 2 saturated carbocycles. The minimum absolute atomic E-state index is 0.0388. The van der Waals surface area contributed by atoms with Crippen molar-refractivity contribution in [3.8, 4) is 11.5 Å². The molecule has 1 saturated heterocycles. The molecule has 0 radical (unpaired) electrons. The van der Waals surface area contributed by atoms with Gasteiger partial charge < -0.3 is 20.1 Å². The second-order valence-electron chi connectivity index (χ2n) is 10.4. The number of hydrogen-bond donors (Lipinski definition) is 4. The van der Waals surface area contributed by atoms with Gasteiger partial charge in [0, 0.05) is 17.6 Å². The zero-order valence-corrected chi connectivity index (χ0v) is 20.5. The number of aromatic nitrogens is 2. The summed E-state index contributed by atoms with van der Waals surface area (Å²) in [5.74, 6) is 2.28. The lowest BCUT2D eigenvalue weighted by Gasteiger charge is -2.34. The molecule has 9 nitrogen and oxygen atoms in total. The van der Waals surface area contributed by atoms with Gasteiger partial charge in [-0.3, -0.25) is 10.2 Å². The molecule has 2 aromatic rings. The predicted octanol–water partition coefficient (Wildman–Crippen LogP) is 3.28. The van der Waals surface area contributed by atoms with Crippen LogP contribution in [0.4, 0.5) is 24.7 Å². The fourth-order valence-corrected chi connectivity index (χ4v) is 6.49. The molecular formula is C25H29F3N6O3. The molecule has 1 aromatic carbocycles. The number of benzene rings is 1. The Morgan fingerprint density at radius 2 is 2.08 bits per heavy atom. The van der Waals surface area contributed by atoms with Crippen molar-refractivity contribution >= 4 is 17.4 Å². The van der Waals surface area contributed by atoms with Gasteiger partial charge in [-0.05, 0) is 68.2 Å². The molecule has 4 aliphatic rings. The van der Waals surface area contributed by atoms with Gasteiger partial charge in [-0.25, -0.2) is 15.4 Å². The number of amides is 1. The lowest BCUT2D eigenvalue weighted by molar-refractivity contribution is -0.153. The molecule has 3 heterocycles. The molecule has 6 rings (SSSR count). The number of fused-ring (bicyclic) bond motifs is 3. The minimum atomic E-state index is -4.46. The van der Waals surface area contributed by atoms with Crippen molar-refractivity contribution in [3.63, 3.8) is 0 Å². The Hall–Kier alpha value is -3.12. The number of carbonyl (C=O) groups excluding carboxylic acids is 1. The number of nitrogens with zero attached hydrogens (tertiary/aromatic N) is 2. The monoisotopic (exact) mass is 518 g/mol. The van der Waals surface area contributed by atoms with E-state index in [0.717, 1.165) is 42.7 Å². The molecule has 4 N–H and O–H groups in total. The van der Waals surface area contributed by atoms with Crippen LogP contribution in [0, 0.1) is 24.7 Å². The van der Waals surface area contributed by atoms with E-state index in [0.29, 0.717) is 11.7 Å². The Kier molecular flexibility index (Phi) is 5.72. The number of hydrazine groups is 1. The second-order valence-corrected chi connectivity index (χ2v) is 10.4. The molecule has 0 bridgehead atoms. The van der Waals surface area contributed by atoms with Gasteiger partial charge in [-0.1, -0.05) is 0 Å². The zero-order valence-electron chi connectivity index (χ0n) is 20.5. The van der Waals surface area contributed by atoms with E-state index >= 15 is 0 Å². The van der Waals surface area contributed by atoms with Crippen LogP contribution in [0.2, 0.25) is 0 Å². The van der Waals surface area contributed by atoms with Gasteiger partial charge in [0.2, 0.25) is 5.91 Å². The van der Waals surface area contributed by atoms with Crippen LogP contribution >= 0.6 is 0 Å². The molecule has 1 amide bonds. The van der Waals surface area contributed by atoms with E-state index < -0.39 is 18.2 Å². The highest BCUT2D eigenvalue weighted by Crippen LogP contribution is 2.65. The van der Waals surface area contributed by atoms with E-state index in [2.05, 4.69) is 31.5 Å². The summed E-state index contributed by atoms with van der Waals surface area (Å²) in [6, 6.07) is 5.91. The van der Waals surface area contributed by atoms with Crippen LogP contribution in [0.15, 0.2) is 24.4 Å². The van der Waals surface area contributed by atoms with Crippen LogP contribution in [0.5, 0.6) is 11.5 Å². The van der Waals surface area contributed by atoms with Crippen molar-refractivity contribution in [1.29, 1.82) is 0 Å². The van der Waals surface area contributed by atoms with E-state index in [1.165, 1.54) is 6.20 Å². The third-order valence-corrected chi connectivity index (χ3v) is 8.30. The largest absolute Gasteiger partial charge is 0.497 e. The molecule has 3 fully saturated rings. The number of carbonyl (C=O) groups is 1. The van der Waals surface area contributed by atoms with Crippen molar-refractivity contribution in [2.24, 2.45) is 17.8 Å². The van der Waals surface area contributed by atoms with Crippen LogP contribution < -0.4 is 31.0 Å². The molecular weight excluding hydrogens is 489 g/mol. The third-order valence-electron chi connectivity index (χ3n) is 8.30. The Morgan fingerprint density at radius 3 is 2.86 bits per heavy atom. The highest BCUT2D eigenvalue weighted by molar-refractivity contribution is 6.09. The Bertz CT molecular complexity index is 1230. The quantitative estimate of drug-likeness (QED) is 0.462. The van der Waals surface area contributed by atoms with Gasteiger partial charge in [-0.15, -0.1) is 0 Å². The summed E-state index contributed by atoms with van der Waals surface area (Å²) >= 11 is 0. The second kappa shape index (κ2) is 8.73. The van der Waals surface area contributed by atoms with Crippen LogP contribution in [0.25, 0.3) is 0 Å². The first-order valence-electron chi connectivity index (χ1n) is 12.5. The summed E-state index contributed by atoms with van der Waals surface area (Å²) in [6.45, 7) is 0.259. The first kappa shape index (κ1) is 24.2. The van der Waals surface area contributed by atoms with Crippen LogP contribution in [0.3, 0.4) is 0 Å². The lowest BCUT2D eigenvalue weighted by atomic mass is 9.74. The van der Waals surface area contributed by atoms with Crippen LogP contribution in [0.1, 0.15) is 37.1 Å². The number of alkyl halides is 3. The maximum Gasteiger partial charge on any atom is 0.422 e. The van der Waals surface area contributed by atoms with E-state index in [-0.39, 0.29) is 41.5 Å². The number of rotatable bonds is 6. The number of methoxy groups -OCH3 is 1. The number of anilines is 2. The van der Waals surface area contributed by atoms with Gasteiger partial charge >= 0.3 is 6.18 Å². The van der Waals surface area contributed by atoms with Crippen LogP contribution in [-0.2, 0) is 10.2 Å². The van der Waals surface area contributed by atoms with Crippen molar-refractivity contribution < 1.29 is 27.4 Å². The molecule has 2 aliphatic carbocycles. The van der Waals surface area contributed by atoms with Crippen LogP contribution in [-0.4, -0.2) is 48.0 Å². The Morgan fingerprint density at radius 1 is 1.24 bits per heavy atom. The topological polar surface area (TPSA) is 109 Å². The predicted molar refractivity (Wildman–Crippen MR) is 128 cm³/mol. The number of hydrogen-bond acceptors (Lipinski definition) is 8. The zero-order chi connectivity index (χ0) is 25.9. The lowest BCUT2D eigenvalue weighted by Crippen LogP contribution is -2.39. The molecule has 198 valence electrons. The first-order valence-corrected chi connectivity index (χ1v) is 12.5. The fourth-order valence-electron chi connectivity index (χ4n) is 6.49. The van der Waals surface area contributed by atoms with Crippen molar-refractivity contribution in [1.82, 2.24) is 20.8 Å². The Labute approximate surface area is 211 Å². The minimum Gasteiger partial charge on any atom is -0.497 e. The van der Waals surface area contributed by atoms with Crippen molar-refractivity contribution in [2.75, 3.05) is 24.4 Å². The fraction of sp³-hybridized carbons (Fsp3) is 0.560. The van der Waals surface area contributed by atoms with E-state index in [1.54, 1.807) is 14.0 Å². The highest BCUT2D eigenvalue weighted by Gasteiger charge is 2.67. The standard InChI is InChI=1S/C25H29F3N6O3/c1-12-29-10-20(37-11-25(26,27)28)22(30-12)32-21-15-5-3-13(7-19(15)33-34-21)17-9-24(17)16-8-14(36-2)4-6-18(16)31-23(24)35/h4,6,8,10,13,15,17,19,21,33-34H,3,5,7,9,11H2,1-2H3,(H,31,35)(H,29,30,32)/t13?,15?,17-,19?,21?,24-/m0/s1. The summed E-state index contributed by atoms with van der Waals surface area (Å²) < 4.78 is 48.5. The average molecular weight is 519 g/mol. The Balaban J connectivity index is 1.13. The normalized spacial score (nSPS) is 32.0. The van der Waals surface area contributed by atoms with Crippen molar-refractivity contribution in [2.45, 2.75) is 56.4 Å². The molecule has 1 spiro atoms. The van der Waals surface area contributed by atoms with E-state index in [1.807, 2.05) is 18.2 Å². The summed E-state index contributed by atoms with van der Waals surface area (Å²) in [6.07, 6.45) is 0.156. The summed E-state index contributed by atoms with van der Waals surface area (Å²) in [5.41, 5.74) is 8.04. The highest BCUT2D eigenvalue weighted by atomic mass is 19.4. The maximum absolute atomic E-state index is 13.0. The summed E-state index contributed by atoms with van der Waals surface area (Å²) in [4.78, 5) is 21.3. The number of halogens is 3. The number of aryl methyl sites for hydroxylation is 1. The number of nitrogens with one attached hydrogen (secondary N) is 4. The SMILES string of the molecule is COc1ccc2c(c1)[C@]1(C[C@H]1C1CCC3C(C1)NNC3Nc1nc(C)ncc1OCC(F)(F)F)C(=O)N2. The van der Waals surface area contributed by atoms with Gasteiger partial charge in [-0.2, -0.15) is 13.2 Å². The smallest absolute Gasteiger partial charge is 0.422 e. The molecule has 12 heteroatoms. The van der Waals surface area contributed by atoms with Gasteiger partial charge in [0.15, 0.2) is 18.2 Å². The van der Waals surface area contributed by atoms with Crippen molar-refractivity contribution in [3.05, 3.63) is 35.8 Å². The van der Waals surface area contributed by atoms with Gasteiger partial charge in [0.1, 0.15) is 11.6 Å². The number of ether oxygens (including phenoxy) is 2. The first-order chi connectivity index (χ1) is 17.7. The maximum atomic E-state index is 13.0. The molecule has 37 heavy (non-hydrogen) atoms. The molecule has 2 aliphatic heterocycles. The summed E-state index contributed by atoms with van der Waals surface area (Å²) in [5, 5.41) is 6.29. The van der Waals surface area contributed by atoms with E-state index in [9.17, 15) is 18.0 Å². The average Bonchev–Trinajstić information content (AvgIpc) is 3.41. The molecule has 1 aromatic heterocycles. The van der Waals surface area contributed by atoms with Gasteiger partial charge in [0.05, 0.1) is 24.9 Å².